The topological polar surface area (TPSA) is 57.7 Å². The molecule has 0 atom stereocenters. The van der Waals surface area contributed by atoms with E-state index >= 15 is 0 Å². The number of pyridine rings is 1. The summed E-state index contributed by atoms with van der Waals surface area (Å²) >= 11 is 3.84. The van der Waals surface area contributed by atoms with Gasteiger partial charge in [0.2, 0.25) is 0 Å². The molecule has 4 rings (SSSR count). The van der Waals surface area contributed by atoms with Crippen LogP contribution < -0.4 is 14.2 Å². The van der Waals surface area contributed by atoms with Gasteiger partial charge < -0.3 is 14.2 Å². The number of hydrogen-bond donors (Lipinski definition) is 0. The zero-order valence-electron chi connectivity index (χ0n) is 17.6. The number of thioether (sulfide) groups is 2. The van der Waals surface area contributed by atoms with Gasteiger partial charge in [-0.15, -0.1) is 23.5 Å². The maximum atomic E-state index is 12.3. The van der Waals surface area contributed by atoms with E-state index in [0.29, 0.717) is 22.7 Å². The molecule has 0 radical (unpaired) electrons. The number of ether oxygens (including phenoxy) is 3. The third-order valence-electron chi connectivity index (χ3n) is 4.70. The summed E-state index contributed by atoms with van der Waals surface area (Å²) in [6.07, 6.45) is 4.85. The molecular formula is C25H23NO4S2. The predicted octanol–water partition coefficient (Wildman–Crippen LogP) is 5.77. The second-order valence-electron chi connectivity index (χ2n) is 6.92. The molecule has 3 aromatic rings. The molecule has 0 amide bonds. The Bertz CT molecular complexity index is 1070. The van der Waals surface area contributed by atoms with Gasteiger partial charge in [-0.1, -0.05) is 24.3 Å². The van der Waals surface area contributed by atoms with Gasteiger partial charge in [-0.2, -0.15) is 0 Å². The van der Waals surface area contributed by atoms with Gasteiger partial charge in [-0.3, -0.25) is 4.98 Å². The lowest BCUT2D eigenvalue weighted by molar-refractivity contribution is -0.129. The summed E-state index contributed by atoms with van der Waals surface area (Å²) < 4.78 is 17.1. The average Bonchev–Trinajstić information content (AvgIpc) is 3.38. The number of rotatable bonds is 8. The molecule has 1 aliphatic rings. The molecule has 2 aromatic carbocycles. The minimum Gasteiger partial charge on any atom is -0.493 e. The fourth-order valence-corrected chi connectivity index (χ4v) is 5.93. The summed E-state index contributed by atoms with van der Waals surface area (Å²) in [4.78, 5) is 16.5. The van der Waals surface area contributed by atoms with E-state index in [1.807, 2.05) is 78.1 Å². The summed E-state index contributed by atoms with van der Waals surface area (Å²) in [5.74, 6) is 3.55. The highest BCUT2D eigenvalue weighted by Gasteiger charge is 2.20. The van der Waals surface area contributed by atoms with E-state index in [2.05, 4.69) is 4.98 Å². The van der Waals surface area contributed by atoms with Gasteiger partial charge in [-0.25, -0.2) is 4.79 Å². The summed E-state index contributed by atoms with van der Waals surface area (Å²) in [6.45, 7) is 0.404. The number of carbonyl (C=O) groups is 1. The van der Waals surface area contributed by atoms with Crippen molar-refractivity contribution >= 4 is 35.6 Å². The van der Waals surface area contributed by atoms with E-state index in [4.69, 9.17) is 14.2 Å². The third kappa shape index (κ3) is 6.08. The fraction of sp³-hybridized carbons (Fsp3) is 0.200. The molecular weight excluding hydrogens is 442 g/mol. The van der Waals surface area contributed by atoms with E-state index in [0.717, 1.165) is 28.5 Å². The number of nitrogens with zero attached hydrogens (tertiary/aromatic N) is 1. The van der Waals surface area contributed by atoms with E-state index in [1.165, 1.54) is 11.6 Å². The molecule has 0 unspecified atom stereocenters. The first kappa shape index (κ1) is 22.3. The first-order chi connectivity index (χ1) is 15.7. The fourth-order valence-electron chi connectivity index (χ4n) is 3.09. The van der Waals surface area contributed by atoms with Crippen molar-refractivity contribution in [2.75, 3.05) is 18.6 Å². The van der Waals surface area contributed by atoms with Crippen LogP contribution in [0.4, 0.5) is 0 Å². The largest absolute Gasteiger partial charge is 0.493 e. The van der Waals surface area contributed by atoms with Crippen LogP contribution in [0, 0.1) is 0 Å². The SMILES string of the molecule is COc1cc(C2SCCS2)ccc1OC(=O)/C=C/c1ccc(OCc2ccccn2)cc1. The normalized spacial score (nSPS) is 13.9. The molecule has 5 nitrogen and oxygen atoms in total. The van der Waals surface area contributed by atoms with Crippen LogP contribution >= 0.6 is 23.5 Å². The first-order valence-electron chi connectivity index (χ1n) is 10.1. The molecule has 0 N–H and O–H groups in total. The molecule has 0 spiro atoms. The molecule has 1 aromatic heterocycles. The second-order valence-corrected chi connectivity index (χ2v) is 9.64. The molecule has 0 aliphatic carbocycles. The van der Waals surface area contributed by atoms with Gasteiger partial charge in [0.25, 0.3) is 0 Å². The van der Waals surface area contributed by atoms with E-state index in [1.54, 1.807) is 25.4 Å². The highest BCUT2D eigenvalue weighted by Crippen LogP contribution is 2.46. The molecule has 7 heteroatoms. The third-order valence-corrected chi connectivity index (χ3v) is 7.80. The molecule has 0 bridgehead atoms. The highest BCUT2D eigenvalue weighted by molar-refractivity contribution is 8.19. The molecule has 1 fully saturated rings. The van der Waals surface area contributed by atoms with Crippen molar-refractivity contribution in [3.8, 4) is 17.2 Å². The maximum absolute atomic E-state index is 12.3. The van der Waals surface area contributed by atoms with Gasteiger partial charge >= 0.3 is 5.97 Å². The number of aromatic nitrogens is 1. The van der Waals surface area contributed by atoms with Crippen molar-refractivity contribution in [2.45, 2.75) is 11.2 Å². The summed E-state index contributed by atoms with van der Waals surface area (Å²) in [5, 5.41) is 0. The number of carbonyl (C=O) groups excluding carboxylic acids is 1. The Kier molecular flexibility index (Phi) is 7.74. The van der Waals surface area contributed by atoms with E-state index in [-0.39, 0.29) is 0 Å². The lowest BCUT2D eigenvalue weighted by atomic mass is 10.2. The lowest BCUT2D eigenvalue weighted by Crippen LogP contribution is -2.05. The Morgan fingerprint density at radius 1 is 1.06 bits per heavy atom. The maximum Gasteiger partial charge on any atom is 0.336 e. The smallest absolute Gasteiger partial charge is 0.336 e. The van der Waals surface area contributed by atoms with Crippen LogP contribution in [0.5, 0.6) is 17.2 Å². The molecule has 0 saturated carbocycles. The van der Waals surface area contributed by atoms with E-state index < -0.39 is 5.97 Å². The molecule has 1 saturated heterocycles. The number of methoxy groups -OCH3 is 1. The van der Waals surface area contributed by atoms with Gasteiger partial charge in [0.15, 0.2) is 11.5 Å². The summed E-state index contributed by atoms with van der Waals surface area (Å²) in [7, 11) is 1.58. The zero-order chi connectivity index (χ0) is 22.2. The van der Waals surface area contributed by atoms with Crippen LogP contribution in [0.1, 0.15) is 21.4 Å². The predicted molar refractivity (Wildman–Crippen MR) is 130 cm³/mol. The lowest BCUT2D eigenvalue weighted by Gasteiger charge is -2.13. The Morgan fingerprint density at radius 3 is 2.59 bits per heavy atom. The van der Waals surface area contributed by atoms with Crippen LogP contribution in [-0.2, 0) is 11.4 Å². The monoisotopic (exact) mass is 465 g/mol. The average molecular weight is 466 g/mol. The van der Waals surface area contributed by atoms with Gasteiger partial charge in [0, 0.05) is 23.8 Å². The second kappa shape index (κ2) is 11.1. The standard InChI is InChI=1S/C25H23NO4S2/c1-28-23-16-19(25-31-14-15-32-25)8-11-22(23)30-24(27)12-7-18-5-9-21(10-6-18)29-17-20-4-2-3-13-26-20/h2-13,16,25H,14-15,17H2,1H3/b12-7+. The van der Waals surface area contributed by atoms with Crippen molar-refractivity contribution in [3.05, 3.63) is 89.8 Å². The van der Waals surface area contributed by atoms with Gasteiger partial charge in [-0.05, 0) is 53.6 Å². The van der Waals surface area contributed by atoms with Crippen LogP contribution in [-0.4, -0.2) is 29.6 Å². The summed E-state index contributed by atoms with van der Waals surface area (Å²) in [6, 6.07) is 18.9. The Balaban J connectivity index is 1.33. The Hall–Kier alpha value is -2.90. The van der Waals surface area contributed by atoms with Crippen molar-refractivity contribution in [2.24, 2.45) is 0 Å². The van der Waals surface area contributed by atoms with Gasteiger partial charge in [0.05, 0.1) is 17.4 Å². The number of hydrogen-bond acceptors (Lipinski definition) is 7. The van der Waals surface area contributed by atoms with Crippen molar-refractivity contribution in [1.29, 1.82) is 0 Å². The van der Waals surface area contributed by atoms with Crippen molar-refractivity contribution in [1.82, 2.24) is 4.98 Å². The van der Waals surface area contributed by atoms with Gasteiger partial charge in [0.1, 0.15) is 12.4 Å². The number of benzene rings is 2. The highest BCUT2D eigenvalue weighted by atomic mass is 32.2. The molecule has 2 heterocycles. The molecule has 32 heavy (non-hydrogen) atoms. The number of esters is 1. The molecule has 164 valence electrons. The summed E-state index contributed by atoms with van der Waals surface area (Å²) in [5.41, 5.74) is 2.91. The zero-order valence-corrected chi connectivity index (χ0v) is 19.2. The quantitative estimate of drug-likeness (QED) is 0.238. The van der Waals surface area contributed by atoms with Crippen LogP contribution in [0.3, 0.4) is 0 Å². The van der Waals surface area contributed by atoms with E-state index in [9.17, 15) is 4.79 Å². The van der Waals surface area contributed by atoms with Crippen LogP contribution in [0.25, 0.3) is 6.08 Å². The minimum atomic E-state index is -0.462. The minimum absolute atomic E-state index is 0.404. The van der Waals surface area contributed by atoms with Crippen LogP contribution in [0.15, 0.2) is 72.9 Å². The Morgan fingerprint density at radius 2 is 1.88 bits per heavy atom. The Labute approximate surface area is 196 Å². The molecule has 1 aliphatic heterocycles. The van der Waals surface area contributed by atoms with Crippen LogP contribution in [0.2, 0.25) is 0 Å². The van der Waals surface area contributed by atoms with Crippen molar-refractivity contribution < 1.29 is 19.0 Å². The first-order valence-corrected chi connectivity index (χ1v) is 12.2. The van der Waals surface area contributed by atoms with Crippen molar-refractivity contribution in [3.63, 3.8) is 0 Å².